The first-order chi connectivity index (χ1) is 16.2. The monoisotopic (exact) mass is 440 g/mol. The van der Waals surface area contributed by atoms with Crippen LogP contribution in [0.1, 0.15) is 60.5 Å². The average Bonchev–Trinajstić information content (AvgIpc) is 3.02. The highest BCUT2D eigenvalue weighted by Crippen LogP contribution is 2.36. The summed E-state index contributed by atoms with van der Waals surface area (Å²) in [4.78, 5) is 16.4. The Morgan fingerprint density at radius 2 is 1.67 bits per heavy atom. The molecule has 0 aliphatic heterocycles. The highest BCUT2D eigenvalue weighted by atomic mass is 16.5. The molecule has 5 nitrogen and oxygen atoms in total. The fourth-order valence-electron chi connectivity index (χ4n) is 4.76. The van der Waals surface area contributed by atoms with Crippen LogP contribution in [-0.4, -0.2) is 20.6 Å². The number of hydrogen-bond acceptors (Lipinski definition) is 3. The summed E-state index contributed by atoms with van der Waals surface area (Å²) in [5.74, 6) is 0.782. The first-order valence-corrected chi connectivity index (χ1v) is 11.7. The van der Waals surface area contributed by atoms with Crippen LogP contribution in [0.4, 0.5) is 0 Å². The first kappa shape index (κ1) is 21.3. The molecule has 0 radical (unpaired) electrons. The summed E-state index contributed by atoms with van der Waals surface area (Å²) in [5.41, 5.74) is 4.15. The van der Waals surface area contributed by atoms with Crippen LogP contribution in [0.15, 0.2) is 72.8 Å². The zero-order valence-electron chi connectivity index (χ0n) is 18.6. The number of benzene rings is 3. The zero-order valence-corrected chi connectivity index (χ0v) is 18.6. The van der Waals surface area contributed by atoms with Crippen molar-refractivity contribution in [3.63, 3.8) is 0 Å². The van der Waals surface area contributed by atoms with Crippen molar-refractivity contribution < 1.29 is 14.6 Å². The number of ether oxygens (including phenoxy) is 1. The molecule has 168 valence electrons. The van der Waals surface area contributed by atoms with Crippen molar-refractivity contribution >= 4 is 17.0 Å². The Morgan fingerprint density at radius 3 is 2.36 bits per heavy atom. The number of aromatic nitrogens is 2. The minimum atomic E-state index is -0.928. The van der Waals surface area contributed by atoms with E-state index in [1.165, 1.54) is 25.7 Å². The Kier molecular flexibility index (Phi) is 6.11. The molecule has 0 spiro atoms. The van der Waals surface area contributed by atoms with Gasteiger partial charge in [0.2, 0.25) is 0 Å². The Hall–Kier alpha value is -3.60. The minimum Gasteiger partial charge on any atom is -0.489 e. The number of aromatic carboxylic acids is 1. The molecular formula is C28H28N2O3. The van der Waals surface area contributed by atoms with Crippen molar-refractivity contribution in [3.8, 4) is 17.1 Å². The molecule has 1 aromatic heterocycles. The van der Waals surface area contributed by atoms with Gasteiger partial charge in [0.1, 0.15) is 18.2 Å². The van der Waals surface area contributed by atoms with Crippen molar-refractivity contribution in [3.05, 3.63) is 83.9 Å². The van der Waals surface area contributed by atoms with Gasteiger partial charge in [0.15, 0.2) is 0 Å². The van der Waals surface area contributed by atoms with E-state index in [1.807, 2.05) is 48.5 Å². The lowest BCUT2D eigenvalue weighted by atomic mass is 10.1. The third-order valence-corrected chi connectivity index (χ3v) is 6.49. The maximum absolute atomic E-state index is 11.5. The van der Waals surface area contributed by atoms with E-state index in [2.05, 4.69) is 16.7 Å². The van der Waals surface area contributed by atoms with Gasteiger partial charge < -0.3 is 14.4 Å². The molecule has 4 aromatic rings. The molecule has 0 atom stereocenters. The molecule has 0 amide bonds. The Labute approximate surface area is 193 Å². The number of nitrogens with zero attached hydrogens (tertiary/aromatic N) is 2. The van der Waals surface area contributed by atoms with Crippen LogP contribution in [0.3, 0.4) is 0 Å². The number of fused-ring (bicyclic) bond motifs is 1. The molecule has 5 heteroatoms. The molecule has 0 unspecified atom stereocenters. The van der Waals surface area contributed by atoms with Gasteiger partial charge in [-0.1, -0.05) is 56.0 Å². The number of carboxylic acids is 1. The van der Waals surface area contributed by atoms with Gasteiger partial charge >= 0.3 is 5.97 Å². The minimum absolute atomic E-state index is 0.268. The second-order valence-corrected chi connectivity index (χ2v) is 8.76. The average molecular weight is 441 g/mol. The van der Waals surface area contributed by atoms with E-state index in [0.29, 0.717) is 12.6 Å². The summed E-state index contributed by atoms with van der Waals surface area (Å²) in [7, 11) is 0. The molecule has 1 aliphatic rings. The van der Waals surface area contributed by atoms with Crippen molar-refractivity contribution in [2.24, 2.45) is 0 Å². The molecule has 1 fully saturated rings. The van der Waals surface area contributed by atoms with Crippen molar-refractivity contribution in [2.45, 2.75) is 51.2 Å². The Balaban J connectivity index is 1.49. The summed E-state index contributed by atoms with van der Waals surface area (Å²) >= 11 is 0. The topological polar surface area (TPSA) is 64.3 Å². The van der Waals surface area contributed by atoms with E-state index in [9.17, 15) is 9.90 Å². The van der Waals surface area contributed by atoms with E-state index in [1.54, 1.807) is 12.1 Å². The number of imidazole rings is 1. The summed E-state index contributed by atoms with van der Waals surface area (Å²) in [6, 6.07) is 23.8. The van der Waals surface area contributed by atoms with E-state index in [-0.39, 0.29) is 5.56 Å². The highest BCUT2D eigenvalue weighted by molar-refractivity contribution is 5.93. The Bertz CT molecular complexity index is 1240. The van der Waals surface area contributed by atoms with E-state index < -0.39 is 5.97 Å². The quantitative estimate of drug-likeness (QED) is 0.332. The van der Waals surface area contributed by atoms with Crippen LogP contribution in [0, 0.1) is 0 Å². The number of hydrogen-bond donors (Lipinski definition) is 1. The van der Waals surface area contributed by atoms with Gasteiger partial charge in [-0.2, -0.15) is 0 Å². The maximum Gasteiger partial charge on any atom is 0.335 e. The lowest BCUT2D eigenvalue weighted by molar-refractivity contribution is 0.0697. The van der Waals surface area contributed by atoms with Crippen molar-refractivity contribution in [1.82, 2.24) is 9.55 Å². The van der Waals surface area contributed by atoms with Gasteiger partial charge in [0.25, 0.3) is 0 Å². The Morgan fingerprint density at radius 1 is 0.939 bits per heavy atom. The molecule has 3 aromatic carbocycles. The van der Waals surface area contributed by atoms with Crippen molar-refractivity contribution in [2.75, 3.05) is 0 Å². The fourth-order valence-corrected chi connectivity index (χ4v) is 4.76. The van der Waals surface area contributed by atoms with Gasteiger partial charge in [-0.25, -0.2) is 9.78 Å². The second kappa shape index (κ2) is 9.49. The second-order valence-electron chi connectivity index (χ2n) is 8.76. The standard InChI is InChI=1S/C28H28N2O3/c31-28(32)22-14-17-26-25(18-22)29-27(30(26)23-10-6-1-2-7-11-23)21-12-15-24(16-13-21)33-19-20-8-4-3-5-9-20/h3-5,8-9,12-18,23H,1-2,6-7,10-11,19H2,(H,31,32). The molecule has 0 saturated heterocycles. The number of carboxylic acid groups (broad SMARTS) is 1. The third-order valence-electron chi connectivity index (χ3n) is 6.49. The number of rotatable bonds is 6. The van der Waals surface area contributed by atoms with Crippen LogP contribution in [-0.2, 0) is 6.61 Å². The van der Waals surface area contributed by atoms with Crippen LogP contribution >= 0.6 is 0 Å². The van der Waals surface area contributed by atoms with E-state index in [4.69, 9.17) is 9.72 Å². The molecule has 5 rings (SSSR count). The lowest BCUT2D eigenvalue weighted by Crippen LogP contribution is -2.10. The molecule has 1 heterocycles. The molecular weight excluding hydrogens is 412 g/mol. The van der Waals surface area contributed by atoms with Crippen LogP contribution < -0.4 is 4.74 Å². The summed E-state index contributed by atoms with van der Waals surface area (Å²) in [5, 5.41) is 9.44. The third kappa shape index (κ3) is 4.63. The van der Waals surface area contributed by atoms with Crippen molar-refractivity contribution in [1.29, 1.82) is 0 Å². The smallest absolute Gasteiger partial charge is 0.335 e. The van der Waals surface area contributed by atoms with Crippen LogP contribution in [0.2, 0.25) is 0 Å². The number of carbonyl (C=O) groups is 1. The summed E-state index contributed by atoms with van der Waals surface area (Å²) in [6.07, 6.45) is 7.21. The molecule has 0 bridgehead atoms. The van der Waals surface area contributed by atoms with Gasteiger partial charge in [-0.15, -0.1) is 0 Å². The van der Waals surface area contributed by atoms with Gasteiger partial charge in [0, 0.05) is 11.6 Å². The van der Waals surface area contributed by atoms with E-state index in [0.717, 1.165) is 46.6 Å². The zero-order chi connectivity index (χ0) is 22.6. The van der Waals surface area contributed by atoms with Gasteiger partial charge in [0.05, 0.1) is 16.6 Å². The predicted octanol–water partition coefficient (Wildman–Crippen LogP) is 6.88. The molecule has 1 aliphatic carbocycles. The van der Waals surface area contributed by atoms with Crippen LogP contribution in [0.5, 0.6) is 5.75 Å². The molecule has 1 saturated carbocycles. The predicted molar refractivity (Wildman–Crippen MR) is 130 cm³/mol. The van der Waals surface area contributed by atoms with Gasteiger partial charge in [-0.3, -0.25) is 0 Å². The largest absolute Gasteiger partial charge is 0.489 e. The lowest BCUT2D eigenvalue weighted by Gasteiger charge is -2.20. The maximum atomic E-state index is 11.5. The fraction of sp³-hybridized carbons (Fsp3) is 0.286. The highest BCUT2D eigenvalue weighted by Gasteiger charge is 2.22. The molecule has 1 N–H and O–H groups in total. The summed E-state index contributed by atoms with van der Waals surface area (Å²) < 4.78 is 8.29. The van der Waals surface area contributed by atoms with Crippen LogP contribution in [0.25, 0.3) is 22.4 Å². The first-order valence-electron chi connectivity index (χ1n) is 11.7. The summed E-state index contributed by atoms with van der Waals surface area (Å²) in [6.45, 7) is 0.527. The molecule has 33 heavy (non-hydrogen) atoms. The SMILES string of the molecule is O=C(O)c1ccc2c(c1)nc(-c1ccc(OCc3ccccc3)cc1)n2C1CCCCCC1. The van der Waals surface area contributed by atoms with E-state index >= 15 is 0 Å². The van der Waals surface area contributed by atoms with Gasteiger partial charge in [-0.05, 0) is 60.9 Å². The normalized spacial score (nSPS) is 14.8.